The second-order valence-electron chi connectivity index (χ2n) is 4.62. The molecule has 0 fully saturated rings. The van der Waals surface area contributed by atoms with Crippen molar-refractivity contribution in [3.05, 3.63) is 33.9 Å². The number of nitrogens with zero attached hydrogens (tertiary/aromatic N) is 2. The standard InChI is InChI=1S/C13H17N3O3/c1-4-19-13(2,3)9-15-11-7-5-6-10(8-14)12(11)16(17)18/h5-7,15H,4,9H2,1-3H3. The highest BCUT2D eigenvalue weighted by molar-refractivity contribution is 5.68. The molecule has 0 atom stereocenters. The fourth-order valence-corrected chi connectivity index (χ4v) is 1.72. The van der Waals surface area contributed by atoms with Gasteiger partial charge in [-0.2, -0.15) is 5.26 Å². The molecule has 1 aromatic carbocycles. The number of hydrogen-bond acceptors (Lipinski definition) is 5. The van der Waals surface area contributed by atoms with Gasteiger partial charge in [0.2, 0.25) is 0 Å². The molecule has 0 spiro atoms. The molecule has 6 heteroatoms. The highest BCUT2D eigenvalue weighted by Gasteiger charge is 2.22. The molecule has 0 saturated heterocycles. The molecule has 0 aromatic heterocycles. The van der Waals surface area contributed by atoms with Gasteiger partial charge >= 0.3 is 5.69 Å². The topological polar surface area (TPSA) is 88.2 Å². The van der Waals surface area contributed by atoms with Gasteiger partial charge in [-0.15, -0.1) is 0 Å². The first-order valence-corrected chi connectivity index (χ1v) is 5.96. The molecule has 1 rings (SSSR count). The first-order valence-electron chi connectivity index (χ1n) is 5.96. The van der Waals surface area contributed by atoms with Crippen molar-refractivity contribution >= 4 is 11.4 Å². The van der Waals surface area contributed by atoms with E-state index in [1.54, 1.807) is 12.1 Å². The van der Waals surface area contributed by atoms with Crippen LogP contribution in [0.4, 0.5) is 11.4 Å². The van der Waals surface area contributed by atoms with Crippen LogP contribution in [0.3, 0.4) is 0 Å². The van der Waals surface area contributed by atoms with Crippen molar-refractivity contribution in [3.8, 4) is 6.07 Å². The Hall–Kier alpha value is -2.13. The zero-order chi connectivity index (χ0) is 14.5. The van der Waals surface area contributed by atoms with Crippen molar-refractivity contribution in [2.45, 2.75) is 26.4 Å². The van der Waals surface area contributed by atoms with E-state index in [4.69, 9.17) is 10.00 Å². The molecule has 0 radical (unpaired) electrons. The fraction of sp³-hybridized carbons (Fsp3) is 0.462. The number of anilines is 1. The summed E-state index contributed by atoms with van der Waals surface area (Å²) in [5.74, 6) is 0. The number of benzene rings is 1. The van der Waals surface area contributed by atoms with E-state index in [1.165, 1.54) is 6.07 Å². The number of nitrogens with one attached hydrogen (secondary N) is 1. The Kier molecular flexibility index (Phi) is 4.84. The Morgan fingerprint density at radius 2 is 2.21 bits per heavy atom. The minimum absolute atomic E-state index is 0.0456. The Morgan fingerprint density at radius 3 is 2.74 bits per heavy atom. The largest absolute Gasteiger partial charge is 0.377 e. The number of hydrogen-bond donors (Lipinski definition) is 1. The smallest absolute Gasteiger partial charge is 0.309 e. The van der Waals surface area contributed by atoms with Gasteiger partial charge in [-0.1, -0.05) is 6.07 Å². The molecule has 0 aliphatic heterocycles. The van der Waals surface area contributed by atoms with E-state index in [0.717, 1.165) is 0 Å². The molecule has 0 amide bonds. The van der Waals surface area contributed by atoms with Gasteiger partial charge in [-0.25, -0.2) is 0 Å². The van der Waals surface area contributed by atoms with E-state index in [0.29, 0.717) is 18.8 Å². The van der Waals surface area contributed by atoms with Gasteiger partial charge in [0.25, 0.3) is 0 Å². The van der Waals surface area contributed by atoms with E-state index < -0.39 is 10.5 Å². The van der Waals surface area contributed by atoms with Crippen molar-refractivity contribution in [1.82, 2.24) is 0 Å². The quantitative estimate of drug-likeness (QED) is 0.629. The van der Waals surface area contributed by atoms with Crippen molar-refractivity contribution in [2.24, 2.45) is 0 Å². The first-order chi connectivity index (χ1) is 8.91. The number of nitriles is 1. The second-order valence-corrected chi connectivity index (χ2v) is 4.62. The van der Waals surface area contributed by atoms with Crippen molar-refractivity contribution in [3.63, 3.8) is 0 Å². The second kappa shape index (κ2) is 6.16. The van der Waals surface area contributed by atoms with Crippen LogP contribution in [0, 0.1) is 21.4 Å². The van der Waals surface area contributed by atoms with Crippen molar-refractivity contribution in [1.29, 1.82) is 5.26 Å². The maximum Gasteiger partial charge on any atom is 0.309 e. The van der Waals surface area contributed by atoms with Gasteiger partial charge in [0.15, 0.2) is 0 Å². The van der Waals surface area contributed by atoms with Gasteiger partial charge in [0.05, 0.1) is 10.5 Å². The number of nitro benzene ring substituents is 1. The molecule has 102 valence electrons. The van der Waals surface area contributed by atoms with Crippen LogP contribution in [0.5, 0.6) is 0 Å². The van der Waals surface area contributed by atoms with Gasteiger partial charge in [0, 0.05) is 13.2 Å². The van der Waals surface area contributed by atoms with Crippen LogP contribution in [0.2, 0.25) is 0 Å². The van der Waals surface area contributed by atoms with Crippen LogP contribution in [0.1, 0.15) is 26.3 Å². The molecule has 0 aliphatic rings. The summed E-state index contributed by atoms with van der Waals surface area (Å²) >= 11 is 0. The Labute approximate surface area is 112 Å². The number of ether oxygens (including phenoxy) is 1. The SMILES string of the molecule is CCOC(C)(C)CNc1cccc(C#N)c1[N+](=O)[O-]. The number of nitro groups is 1. The molecule has 6 nitrogen and oxygen atoms in total. The maximum absolute atomic E-state index is 11.0. The van der Waals surface area contributed by atoms with Crippen LogP contribution < -0.4 is 5.32 Å². The molecule has 0 bridgehead atoms. The molecule has 1 N–H and O–H groups in total. The third-order valence-electron chi connectivity index (χ3n) is 2.58. The predicted octanol–water partition coefficient (Wildman–Crippen LogP) is 2.69. The molecule has 0 heterocycles. The van der Waals surface area contributed by atoms with Gasteiger partial charge in [0.1, 0.15) is 17.3 Å². The molecule has 0 aliphatic carbocycles. The van der Waals surface area contributed by atoms with Gasteiger partial charge < -0.3 is 10.1 Å². The summed E-state index contributed by atoms with van der Waals surface area (Å²) in [6.07, 6.45) is 0. The Morgan fingerprint density at radius 1 is 1.53 bits per heavy atom. The summed E-state index contributed by atoms with van der Waals surface area (Å²) in [6.45, 7) is 6.65. The molecule has 0 unspecified atom stereocenters. The zero-order valence-corrected chi connectivity index (χ0v) is 11.3. The van der Waals surface area contributed by atoms with Crippen LogP contribution in [0.15, 0.2) is 18.2 Å². The third-order valence-corrected chi connectivity index (χ3v) is 2.58. The lowest BCUT2D eigenvalue weighted by molar-refractivity contribution is -0.384. The lowest BCUT2D eigenvalue weighted by Crippen LogP contribution is -2.33. The molecule has 0 saturated carbocycles. The summed E-state index contributed by atoms with van der Waals surface area (Å²) < 4.78 is 5.51. The monoisotopic (exact) mass is 263 g/mol. The van der Waals surface area contributed by atoms with Crippen LogP contribution in [-0.2, 0) is 4.74 Å². The van der Waals surface area contributed by atoms with Crippen molar-refractivity contribution in [2.75, 3.05) is 18.5 Å². The van der Waals surface area contributed by atoms with E-state index in [9.17, 15) is 10.1 Å². The Bertz CT molecular complexity index is 506. The lowest BCUT2D eigenvalue weighted by Gasteiger charge is -2.25. The van der Waals surface area contributed by atoms with E-state index in [1.807, 2.05) is 26.8 Å². The van der Waals surface area contributed by atoms with Crippen LogP contribution >= 0.6 is 0 Å². The fourth-order valence-electron chi connectivity index (χ4n) is 1.72. The summed E-state index contributed by atoms with van der Waals surface area (Å²) in [7, 11) is 0. The van der Waals surface area contributed by atoms with Crippen molar-refractivity contribution < 1.29 is 9.66 Å². The summed E-state index contributed by atoms with van der Waals surface area (Å²) in [4.78, 5) is 10.5. The summed E-state index contributed by atoms with van der Waals surface area (Å²) in [5.41, 5.74) is -0.260. The van der Waals surface area contributed by atoms with Gasteiger partial charge in [-0.3, -0.25) is 10.1 Å². The van der Waals surface area contributed by atoms with Crippen LogP contribution in [-0.4, -0.2) is 23.7 Å². The maximum atomic E-state index is 11.0. The highest BCUT2D eigenvalue weighted by Crippen LogP contribution is 2.28. The normalized spacial score (nSPS) is 10.8. The Balaban J connectivity index is 2.96. The average Bonchev–Trinajstić information content (AvgIpc) is 2.35. The molecular formula is C13H17N3O3. The zero-order valence-electron chi connectivity index (χ0n) is 11.3. The predicted molar refractivity (Wildman–Crippen MR) is 72.0 cm³/mol. The summed E-state index contributed by atoms with van der Waals surface area (Å²) in [6, 6.07) is 6.45. The number of para-hydroxylation sites is 1. The molecule has 1 aromatic rings. The minimum atomic E-state index is -0.547. The minimum Gasteiger partial charge on any atom is -0.377 e. The van der Waals surface area contributed by atoms with E-state index in [-0.39, 0.29) is 11.3 Å². The van der Waals surface area contributed by atoms with Gasteiger partial charge in [-0.05, 0) is 32.9 Å². The van der Waals surface area contributed by atoms with E-state index in [2.05, 4.69) is 5.32 Å². The highest BCUT2D eigenvalue weighted by atomic mass is 16.6. The summed E-state index contributed by atoms with van der Waals surface area (Å²) in [5, 5.41) is 22.9. The van der Waals surface area contributed by atoms with E-state index >= 15 is 0 Å². The third kappa shape index (κ3) is 3.93. The van der Waals surface area contributed by atoms with Crippen LogP contribution in [0.25, 0.3) is 0 Å². The lowest BCUT2D eigenvalue weighted by atomic mass is 10.1. The average molecular weight is 263 g/mol. The first kappa shape index (κ1) is 14.9. The molecule has 19 heavy (non-hydrogen) atoms. The number of rotatable bonds is 6. The molecular weight excluding hydrogens is 246 g/mol.